The molecule has 0 unspecified atom stereocenters. The third-order valence-corrected chi connectivity index (χ3v) is 5.01. The van der Waals surface area contributed by atoms with Crippen molar-refractivity contribution in [1.29, 1.82) is 0 Å². The van der Waals surface area contributed by atoms with Crippen molar-refractivity contribution in [3.05, 3.63) is 84.4 Å². The molecule has 0 spiro atoms. The van der Waals surface area contributed by atoms with Crippen LogP contribution in [-0.2, 0) is 6.54 Å². The molecule has 0 aliphatic rings. The van der Waals surface area contributed by atoms with Crippen LogP contribution in [0.1, 0.15) is 31.7 Å². The van der Waals surface area contributed by atoms with Crippen LogP contribution in [0.2, 0.25) is 0 Å². The van der Waals surface area contributed by atoms with Crippen molar-refractivity contribution >= 4 is 11.0 Å². The summed E-state index contributed by atoms with van der Waals surface area (Å²) in [7, 11) is 0. The number of hydrogen-bond acceptors (Lipinski definition) is 2. The zero-order valence-corrected chi connectivity index (χ0v) is 16.5. The SMILES string of the molecule is CC(C)c1ccccc1OCCCn1c(-c2ccccc2)nc2ccccc21. The highest BCUT2D eigenvalue weighted by molar-refractivity contribution is 5.80. The van der Waals surface area contributed by atoms with Gasteiger partial charge in [-0.15, -0.1) is 0 Å². The van der Waals surface area contributed by atoms with Gasteiger partial charge in [-0.3, -0.25) is 0 Å². The highest BCUT2D eigenvalue weighted by Gasteiger charge is 2.12. The zero-order chi connectivity index (χ0) is 19.3. The summed E-state index contributed by atoms with van der Waals surface area (Å²) in [5.41, 5.74) is 4.61. The maximum absolute atomic E-state index is 6.12. The first-order valence-electron chi connectivity index (χ1n) is 9.96. The van der Waals surface area contributed by atoms with Gasteiger partial charge >= 0.3 is 0 Å². The van der Waals surface area contributed by atoms with E-state index in [1.807, 2.05) is 18.2 Å². The van der Waals surface area contributed by atoms with Gasteiger partial charge in [-0.05, 0) is 36.1 Å². The zero-order valence-electron chi connectivity index (χ0n) is 16.5. The molecule has 0 atom stereocenters. The van der Waals surface area contributed by atoms with E-state index in [2.05, 4.69) is 79.1 Å². The maximum atomic E-state index is 6.12. The van der Waals surface area contributed by atoms with Crippen LogP contribution in [0, 0.1) is 0 Å². The van der Waals surface area contributed by atoms with E-state index in [0.717, 1.165) is 35.6 Å². The summed E-state index contributed by atoms with van der Waals surface area (Å²) in [4.78, 5) is 4.88. The Morgan fingerprint density at radius 1 is 0.857 bits per heavy atom. The Hall–Kier alpha value is -3.07. The van der Waals surface area contributed by atoms with E-state index in [9.17, 15) is 0 Å². The second-order valence-corrected chi connectivity index (χ2v) is 7.34. The normalized spacial score (nSPS) is 11.2. The summed E-state index contributed by atoms with van der Waals surface area (Å²) in [5.74, 6) is 2.47. The van der Waals surface area contributed by atoms with E-state index in [0.29, 0.717) is 12.5 Å². The van der Waals surface area contributed by atoms with Crippen LogP contribution in [0.25, 0.3) is 22.4 Å². The van der Waals surface area contributed by atoms with Gasteiger partial charge in [0, 0.05) is 12.1 Å². The first-order valence-corrected chi connectivity index (χ1v) is 9.96. The Labute approximate surface area is 166 Å². The third kappa shape index (κ3) is 3.79. The van der Waals surface area contributed by atoms with Gasteiger partial charge in [0.25, 0.3) is 0 Å². The number of rotatable bonds is 7. The Kier molecular flexibility index (Phi) is 5.43. The molecule has 142 valence electrons. The molecule has 4 aromatic rings. The maximum Gasteiger partial charge on any atom is 0.141 e. The summed E-state index contributed by atoms with van der Waals surface area (Å²) < 4.78 is 8.43. The minimum Gasteiger partial charge on any atom is -0.493 e. The van der Waals surface area contributed by atoms with Gasteiger partial charge in [-0.25, -0.2) is 4.98 Å². The van der Waals surface area contributed by atoms with Crippen molar-refractivity contribution in [2.24, 2.45) is 0 Å². The van der Waals surface area contributed by atoms with Crippen molar-refractivity contribution in [3.63, 3.8) is 0 Å². The van der Waals surface area contributed by atoms with Gasteiger partial charge in [0.1, 0.15) is 11.6 Å². The minimum absolute atomic E-state index is 0.457. The average Bonchev–Trinajstić information content (AvgIpc) is 3.11. The first kappa shape index (κ1) is 18.3. The van der Waals surface area contributed by atoms with Crippen molar-refractivity contribution in [2.75, 3.05) is 6.61 Å². The number of nitrogens with zero attached hydrogens (tertiary/aromatic N) is 2. The van der Waals surface area contributed by atoms with Gasteiger partial charge in [0.2, 0.25) is 0 Å². The standard InChI is InChI=1S/C25H26N2O/c1-19(2)21-13-6-9-16-24(21)28-18-10-17-27-23-15-8-7-14-22(23)26-25(27)20-11-4-3-5-12-20/h3-9,11-16,19H,10,17-18H2,1-2H3. The van der Waals surface area contributed by atoms with Crippen molar-refractivity contribution < 1.29 is 4.74 Å². The van der Waals surface area contributed by atoms with Gasteiger partial charge in [0.05, 0.1) is 17.6 Å². The first-order chi connectivity index (χ1) is 13.7. The summed E-state index contributed by atoms with van der Waals surface area (Å²) in [5, 5.41) is 0. The topological polar surface area (TPSA) is 27.1 Å². The van der Waals surface area contributed by atoms with E-state index >= 15 is 0 Å². The minimum atomic E-state index is 0.457. The highest BCUT2D eigenvalue weighted by atomic mass is 16.5. The molecule has 28 heavy (non-hydrogen) atoms. The number of para-hydroxylation sites is 3. The molecular formula is C25H26N2O. The Bertz CT molecular complexity index is 1050. The quantitative estimate of drug-likeness (QED) is 0.357. The number of benzene rings is 3. The lowest BCUT2D eigenvalue weighted by Gasteiger charge is -2.14. The molecule has 4 rings (SSSR count). The lowest BCUT2D eigenvalue weighted by Crippen LogP contribution is -2.07. The second-order valence-electron chi connectivity index (χ2n) is 7.34. The summed E-state index contributed by atoms with van der Waals surface area (Å²) in [6.45, 7) is 5.96. The van der Waals surface area contributed by atoms with Gasteiger partial charge in [0.15, 0.2) is 0 Å². The molecule has 1 aromatic heterocycles. The van der Waals surface area contributed by atoms with Crippen LogP contribution < -0.4 is 4.74 Å². The average molecular weight is 370 g/mol. The number of fused-ring (bicyclic) bond motifs is 1. The molecule has 0 radical (unpaired) electrons. The predicted molar refractivity (Wildman–Crippen MR) is 116 cm³/mol. The molecule has 3 heteroatoms. The van der Waals surface area contributed by atoms with Crippen LogP contribution in [0.3, 0.4) is 0 Å². The molecule has 0 saturated carbocycles. The lowest BCUT2D eigenvalue weighted by atomic mass is 10.0. The second kappa shape index (κ2) is 8.30. The van der Waals surface area contributed by atoms with Crippen LogP contribution in [0.15, 0.2) is 78.9 Å². The highest BCUT2D eigenvalue weighted by Crippen LogP contribution is 2.27. The Morgan fingerprint density at radius 3 is 2.39 bits per heavy atom. The summed E-state index contributed by atoms with van der Waals surface area (Å²) in [6, 6.07) is 27.1. The predicted octanol–water partition coefficient (Wildman–Crippen LogP) is 6.30. The fourth-order valence-electron chi connectivity index (χ4n) is 3.60. The molecule has 0 amide bonds. The monoisotopic (exact) mass is 370 g/mol. The van der Waals surface area contributed by atoms with Gasteiger partial charge in [-0.1, -0.05) is 74.5 Å². The van der Waals surface area contributed by atoms with Crippen molar-refractivity contribution in [3.8, 4) is 17.1 Å². The fourth-order valence-corrected chi connectivity index (χ4v) is 3.60. The molecule has 0 bridgehead atoms. The molecule has 3 nitrogen and oxygen atoms in total. The number of hydrogen-bond donors (Lipinski definition) is 0. The van der Waals surface area contributed by atoms with Gasteiger partial charge in [-0.2, -0.15) is 0 Å². The van der Waals surface area contributed by atoms with Crippen molar-refractivity contribution in [2.45, 2.75) is 32.7 Å². The molecule has 0 saturated heterocycles. The Morgan fingerprint density at radius 2 is 1.57 bits per heavy atom. The van der Waals surface area contributed by atoms with Crippen LogP contribution in [0.4, 0.5) is 0 Å². The van der Waals surface area contributed by atoms with Gasteiger partial charge < -0.3 is 9.30 Å². The number of imidazole rings is 1. The number of ether oxygens (including phenoxy) is 1. The van der Waals surface area contributed by atoms with E-state index in [1.54, 1.807) is 0 Å². The number of aromatic nitrogens is 2. The molecule has 1 heterocycles. The molecule has 3 aromatic carbocycles. The van der Waals surface area contributed by atoms with Crippen LogP contribution in [-0.4, -0.2) is 16.2 Å². The summed E-state index contributed by atoms with van der Waals surface area (Å²) >= 11 is 0. The van der Waals surface area contributed by atoms with E-state index in [4.69, 9.17) is 9.72 Å². The third-order valence-electron chi connectivity index (χ3n) is 5.01. The van der Waals surface area contributed by atoms with Crippen molar-refractivity contribution in [1.82, 2.24) is 9.55 Å². The Balaban J connectivity index is 1.52. The number of aryl methyl sites for hydroxylation is 1. The van der Waals surface area contributed by atoms with E-state index < -0.39 is 0 Å². The molecule has 0 fully saturated rings. The molecule has 0 N–H and O–H groups in total. The van der Waals surface area contributed by atoms with Crippen LogP contribution >= 0.6 is 0 Å². The summed E-state index contributed by atoms with van der Waals surface area (Å²) in [6.07, 6.45) is 0.923. The van der Waals surface area contributed by atoms with E-state index in [-0.39, 0.29) is 0 Å². The van der Waals surface area contributed by atoms with E-state index in [1.165, 1.54) is 11.1 Å². The molecular weight excluding hydrogens is 344 g/mol. The molecule has 0 aliphatic heterocycles. The fraction of sp³-hybridized carbons (Fsp3) is 0.240. The largest absolute Gasteiger partial charge is 0.493 e. The smallest absolute Gasteiger partial charge is 0.141 e. The molecule has 0 aliphatic carbocycles. The van der Waals surface area contributed by atoms with Crippen LogP contribution in [0.5, 0.6) is 5.75 Å². The lowest BCUT2D eigenvalue weighted by molar-refractivity contribution is 0.299.